The molecule has 1 aromatic rings. The maximum atomic E-state index is 12.9. The fourth-order valence-corrected chi connectivity index (χ4v) is 4.25. The Morgan fingerprint density at radius 3 is 2.76 bits per heavy atom. The van der Waals surface area contributed by atoms with Gasteiger partial charge in [0.25, 0.3) is 0 Å². The zero-order valence-electron chi connectivity index (χ0n) is 15.1. The summed E-state index contributed by atoms with van der Waals surface area (Å²) in [6, 6.07) is 10.5. The molecule has 1 heterocycles. The molecule has 2 aliphatic rings. The minimum atomic E-state index is -0.00354. The smallest absolute Gasteiger partial charge is 0.225 e. The van der Waals surface area contributed by atoms with Crippen molar-refractivity contribution in [1.82, 2.24) is 10.2 Å². The zero-order chi connectivity index (χ0) is 17.5. The van der Waals surface area contributed by atoms with Crippen LogP contribution in [0.3, 0.4) is 0 Å². The largest absolute Gasteiger partial charge is 0.356 e. The van der Waals surface area contributed by atoms with Crippen molar-refractivity contribution in [2.24, 2.45) is 5.92 Å². The fraction of sp³-hybridized carbons (Fsp3) is 0.619. The number of fused-ring (bicyclic) bond motifs is 1. The lowest BCUT2D eigenvalue weighted by Crippen LogP contribution is -2.48. The highest BCUT2D eigenvalue weighted by Gasteiger charge is 2.38. The van der Waals surface area contributed by atoms with E-state index in [4.69, 9.17) is 0 Å². The van der Waals surface area contributed by atoms with Crippen LogP contribution < -0.4 is 5.32 Å². The number of amides is 2. The Bertz CT molecular complexity index is 573. The number of benzene rings is 1. The normalized spacial score (nSPS) is 24.5. The summed E-state index contributed by atoms with van der Waals surface area (Å²) in [5.41, 5.74) is 1.29. The van der Waals surface area contributed by atoms with Gasteiger partial charge in [0.05, 0.1) is 5.92 Å². The van der Waals surface area contributed by atoms with Crippen molar-refractivity contribution in [1.29, 1.82) is 0 Å². The third kappa shape index (κ3) is 4.83. The second kappa shape index (κ2) is 9.02. The lowest BCUT2D eigenvalue weighted by Gasteiger charge is -2.34. The average Bonchev–Trinajstić information content (AvgIpc) is 3.11. The molecule has 136 valence electrons. The van der Waals surface area contributed by atoms with Crippen molar-refractivity contribution in [3.8, 4) is 0 Å². The van der Waals surface area contributed by atoms with Crippen molar-refractivity contribution in [3.05, 3.63) is 35.9 Å². The standard InChI is InChI=1S/C21H30N2O2/c24-20(14-7-11-17-9-3-1-4-10-17)23-16-6-2-5-15-22-21(25)18-12-8-13-19(18)23/h1,3-4,9-10,18-19H,2,5-8,11-16H2,(H,22,25)/t18-,19+/m1/s1. The molecule has 2 amide bonds. The Labute approximate surface area is 151 Å². The SMILES string of the molecule is O=C1NCCCCCN(C(=O)CCCc2ccccc2)[C@H]2CCC[C@@H]12. The van der Waals surface area contributed by atoms with Crippen LogP contribution in [0.4, 0.5) is 0 Å². The number of carbonyl (C=O) groups is 2. The second-order valence-electron chi connectivity index (χ2n) is 7.38. The van der Waals surface area contributed by atoms with Gasteiger partial charge in [-0.3, -0.25) is 9.59 Å². The topological polar surface area (TPSA) is 49.4 Å². The van der Waals surface area contributed by atoms with Crippen LogP contribution in [-0.2, 0) is 16.0 Å². The van der Waals surface area contributed by atoms with E-state index in [1.54, 1.807) is 0 Å². The molecule has 1 N–H and O–H groups in total. The average molecular weight is 342 g/mol. The summed E-state index contributed by atoms with van der Waals surface area (Å²) in [5, 5.41) is 3.07. The van der Waals surface area contributed by atoms with Gasteiger partial charge in [0.2, 0.25) is 11.8 Å². The third-order valence-corrected chi connectivity index (χ3v) is 5.61. The van der Waals surface area contributed by atoms with Crippen LogP contribution >= 0.6 is 0 Å². The van der Waals surface area contributed by atoms with Crippen LogP contribution in [0.25, 0.3) is 0 Å². The first kappa shape index (κ1) is 18.0. The van der Waals surface area contributed by atoms with E-state index in [-0.39, 0.29) is 23.8 Å². The molecule has 2 atom stereocenters. The van der Waals surface area contributed by atoms with E-state index in [1.165, 1.54) is 5.56 Å². The summed E-state index contributed by atoms with van der Waals surface area (Å²) in [6.07, 6.45) is 8.48. The van der Waals surface area contributed by atoms with Gasteiger partial charge in [0.15, 0.2) is 0 Å². The molecule has 0 bridgehead atoms. The predicted molar refractivity (Wildman–Crippen MR) is 99.1 cm³/mol. The molecule has 1 aromatic carbocycles. The highest BCUT2D eigenvalue weighted by molar-refractivity contribution is 5.82. The number of nitrogens with zero attached hydrogens (tertiary/aromatic N) is 1. The molecular weight excluding hydrogens is 312 g/mol. The number of hydrogen-bond donors (Lipinski definition) is 1. The van der Waals surface area contributed by atoms with Crippen LogP contribution in [0.1, 0.15) is 56.9 Å². The summed E-state index contributed by atoms with van der Waals surface area (Å²) >= 11 is 0. The first-order valence-corrected chi connectivity index (χ1v) is 9.87. The Hall–Kier alpha value is -1.84. The second-order valence-corrected chi connectivity index (χ2v) is 7.38. The van der Waals surface area contributed by atoms with Crippen LogP contribution in [0, 0.1) is 5.92 Å². The van der Waals surface area contributed by atoms with Gasteiger partial charge in [0.1, 0.15) is 0 Å². The molecule has 0 spiro atoms. The maximum Gasteiger partial charge on any atom is 0.225 e. The monoisotopic (exact) mass is 342 g/mol. The van der Waals surface area contributed by atoms with E-state index in [0.29, 0.717) is 6.42 Å². The Morgan fingerprint density at radius 2 is 1.92 bits per heavy atom. The number of rotatable bonds is 4. The molecule has 1 aliphatic carbocycles. The molecule has 4 heteroatoms. The molecule has 0 aromatic heterocycles. The molecule has 1 saturated heterocycles. The highest BCUT2D eigenvalue weighted by Crippen LogP contribution is 2.31. The number of nitrogens with one attached hydrogen (secondary N) is 1. The first-order valence-electron chi connectivity index (χ1n) is 9.87. The van der Waals surface area contributed by atoms with Crippen LogP contribution in [0.15, 0.2) is 30.3 Å². The lowest BCUT2D eigenvalue weighted by atomic mass is 9.98. The van der Waals surface area contributed by atoms with Gasteiger partial charge in [-0.25, -0.2) is 0 Å². The van der Waals surface area contributed by atoms with E-state index >= 15 is 0 Å². The summed E-state index contributed by atoms with van der Waals surface area (Å²) in [6.45, 7) is 1.60. The van der Waals surface area contributed by atoms with Gasteiger partial charge in [-0.05, 0) is 50.5 Å². The molecule has 2 fully saturated rings. The quantitative estimate of drug-likeness (QED) is 0.913. The number of carbonyl (C=O) groups excluding carboxylic acids is 2. The van der Waals surface area contributed by atoms with E-state index < -0.39 is 0 Å². The van der Waals surface area contributed by atoms with Gasteiger partial charge in [-0.15, -0.1) is 0 Å². The van der Waals surface area contributed by atoms with Gasteiger partial charge < -0.3 is 10.2 Å². The van der Waals surface area contributed by atoms with E-state index in [0.717, 1.165) is 64.5 Å². The molecule has 1 aliphatic heterocycles. The maximum absolute atomic E-state index is 12.9. The van der Waals surface area contributed by atoms with Crippen LogP contribution in [0.5, 0.6) is 0 Å². The zero-order valence-corrected chi connectivity index (χ0v) is 15.1. The predicted octanol–water partition coefficient (Wildman–Crippen LogP) is 3.31. The van der Waals surface area contributed by atoms with Crippen molar-refractivity contribution < 1.29 is 9.59 Å². The van der Waals surface area contributed by atoms with Crippen molar-refractivity contribution in [2.45, 2.75) is 63.8 Å². The summed E-state index contributed by atoms with van der Waals surface area (Å²) in [4.78, 5) is 27.4. The lowest BCUT2D eigenvalue weighted by molar-refractivity contribution is -0.137. The number of aryl methyl sites for hydroxylation is 1. The Balaban J connectivity index is 1.60. The molecule has 1 saturated carbocycles. The minimum absolute atomic E-state index is 0.00354. The van der Waals surface area contributed by atoms with Gasteiger partial charge in [0, 0.05) is 25.6 Å². The minimum Gasteiger partial charge on any atom is -0.356 e. The highest BCUT2D eigenvalue weighted by atomic mass is 16.2. The van der Waals surface area contributed by atoms with Gasteiger partial charge >= 0.3 is 0 Å². The van der Waals surface area contributed by atoms with Crippen LogP contribution in [-0.4, -0.2) is 35.8 Å². The molecule has 3 rings (SSSR count). The van der Waals surface area contributed by atoms with Crippen molar-refractivity contribution in [3.63, 3.8) is 0 Å². The Kier molecular flexibility index (Phi) is 6.48. The first-order chi connectivity index (χ1) is 12.3. The van der Waals surface area contributed by atoms with Crippen molar-refractivity contribution in [2.75, 3.05) is 13.1 Å². The summed E-state index contributed by atoms with van der Waals surface area (Å²) in [5.74, 6) is 0.392. The molecular formula is C21H30N2O2. The summed E-state index contributed by atoms with van der Waals surface area (Å²) in [7, 11) is 0. The molecule has 0 unspecified atom stereocenters. The fourth-order valence-electron chi connectivity index (χ4n) is 4.25. The Morgan fingerprint density at radius 1 is 1.08 bits per heavy atom. The van der Waals surface area contributed by atoms with E-state index in [1.807, 2.05) is 23.1 Å². The van der Waals surface area contributed by atoms with E-state index in [9.17, 15) is 9.59 Å². The molecule has 25 heavy (non-hydrogen) atoms. The summed E-state index contributed by atoms with van der Waals surface area (Å²) < 4.78 is 0. The molecule has 0 radical (unpaired) electrons. The van der Waals surface area contributed by atoms with Crippen LogP contribution in [0.2, 0.25) is 0 Å². The van der Waals surface area contributed by atoms with Crippen molar-refractivity contribution >= 4 is 11.8 Å². The third-order valence-electron chi connectivity index (χ3n) is 5.61. The number of hydrogen-bond acceptors (Lipinski definition) is 2. The van der Waals surface area contributed by atoms with Gasteiger partial charge in [-0.2, -0.15) is 0 Å². The molecule has 4 nitrogen and oxygen atoms in total. The van der Waals surface area contributed by atoms with Gasteiger partial charge in [-0.1, -0.05) is 36.8 Å². The van der Waals surface area contributed by atoms with E-state index in [2.05, 4.69) is 17.4 Å².